The molecular formula is C40H66FN3O3. The molecule has 0 spiro atoms. The molecule has 1 aromatic carbocycles. The molecule has 1 N–H and O–H groups in total. The highest BCUT2D eigenvalue weighted by Gasteiger charge is 2.46. The van der Waals surface area contributed by atoms with Crippen molar-refractivity contribution in [2.45, 2.75) is 167 Å². The van der Waals surface area contributed by atoms with E-state index >= 15 is 0 Å². The lowest BCUT2D eigenvalue weighted by Crippen LogP contribution is -2.64. The Labute approximate surface area is 286 Å². The summed E-state index contributed by atoms with van der Waals surface area (Å²) in [5.41, 5.74) is -0.0689. The number of carbonyl (C=O) groups is 3. The zero-order chi connectivity index (χ0) is 33.6. The molecule has 266 valence electrons. The van der Waals surface area contributed by atoms with Gasteiger partial charge < -0.3 is 4.90 Å². The minimum atomic E-state index is -0.620. The fourth-order valence-corrected chi connectivity index (χ4v) is 7.54. The fraction of sp³-hybridized carbons (Fsp3) is 0.775. The number of Topliss-reactive ketones (excluding diaryl/α,β-unsaturated/α-hetero) is 1. The number of likely N-dealkylation sites (tertiary alicyclic amines) is 2. The van der Waals surface area contributed by atoms with E-state index in [1.165, 1.54) is 108 Å². The smallest absolute Gasteiger partial charge is 0.247 e. The van der Waals surface area contributed by atoms with Crippen molar-refractivity contribution in [3.05, 3.63) is 35.6 Å². The maximum atomic E-state index is 13.7. The quantitative estimate of drug-likeness (QED) is 0.0888. The molecule has 6 nitrogen and oxygen atoms in total. The zero-order valence-corrected chi connectivity index (χ0v) is 29.8. The summed E-state index contributed by atoms with van der Waals surface area (Å²) in [4.78, 5) is 43.8. The van der Waals surface area contributed by atoms with Crippen molar-refractivity contribution < 1.29 is 18.8 Å². The number of unbranched alkanes of at least 4 members (excludes halogenated alkanes) is 15. The van der Waals surface area contributed by atoms with Crippen molar-refractivity contribution in [2.24, 2.45) is 0 Å². The number of amides is 2. The van der Waals surface area contributed by atoms with E-state index in [2.05, 4.69) is 22.0 Å². The van der Waals surface area contributed by atoms with E-state index in [1.807, 2.05) is 0 Å². The number of piperidine rings is 2. The van der Waals surface area contributed by atoms with Crippen LogP contribution in [0.4, 0.5) is 4.39 Å². The van der Waals surface area contributed by atoms with Crippen LogP contribution in [0, 0.1) is 5.82 Å². The zero-order valence-electron chi connectivity index (χ0n) is 29.8. The molecule has 0 saturated carbocycles. The van der Waals surface area contributed by atoms with Crippen LogP contribution in [-0.2, 0) is 9.59 Å². The van der Waals surface area contributed by atoms with Crippen LogP contribution in [0.3, 0.4) is 0 Å². The summed E-state index contributed by atoms with van der Waals surface area (Å²) < 4.78 is 13.2. The normalized spacial score (nSPS) is 17.1. The average Bonchev–Trinajstić information content (AvgIpc) is 3.09. The molecule has 2 fully saturated rings. The number of hydrogen-bond donors (Lipinski definition) is 1. The molecule has 0 aliphatic carbocycles. The van der Waals surface area contributed by atoms with Gasteiger partial charge in [-0.2, -0.15) is 0 Å². The average molecular weight is 656 g/mol. The van der Waals surface area contributed by atoms with Crippen molar-refractivity contribution in [3.63, 3.8) is 0 Å². The molecular weight excluding hydrogens is 589 g/mol. The molecule has 2 heterocycles. The van der Waals surface area contributed by atoms with Gasteiger partial charge in [0.1, 0.15) is 11.4 Å². The molecule has 2 aliphatic heterocycles. The molecule has 2 amide bonds. The number of nitrogens with zero attached hydrogens (tertiary/aromatic N) is 2. The molecule has 2 saturated heterocycles. The predicted molar refractivity (Wildman–Crippen MR) is 191 cm³/mol. The Bertz CT molecular complexity index is 1020. The van der Waals surface area contributed by atoms with Gasteiger partial charge in [-0.3, -0.25) is 24.6 Å². The van der Waals surface area contributed by atoms with Gasteiger partial charge in [0, 0.05) is 31.5 Å². The number of rotatable bonds is 24. The summed E-state index contributed by atoms with van der Waals surface area (Å²) in [6.07, 6.45) is 27.2. The van der Waals surface area contributed by atoms with E-state index < -0.39 is 5.54 Å². The van der Waals surface area contributed by atoms with Crippen LogP contribution in [0.25, 0.3) is 0 Å². The van der Waals surface area contributed by atoms with Crippen LogP contribution in [0.1, 0.15) is 171 Å². The third kappa shape index (κ3) is 14.9. The van der Waals surface area contributed by atoms with E-state index in [4.69, 9.17) is 0 Å². The summed E-state index contributed by atoms with van der Waals surface area (Å²) in [7, 11) is 0. The summed E-state index contributed by atoms with van der Waals surface area (Å²) >= 11 is 0. The number of hydrogen-bond acceptors (Lipinski definition) is 5. The Morgan fingerprint density at radius 2 is 1.17 bits per heavy atom. The van der Waals surface area contributed by atoms with Crippen LogP contribution >= 0.6 is 0 Å². The first-order valence-corrected chi connectivity index (χ1v) is 19.5. The highest BCUT2D eigenvalue weighted by atomic mass is 19.1. The maximum absolute atomic E-state index is 13.7. The number of benzene rings is 1. The lowest BCUT2D eigenvalue weighted by molar-refractivity contribution is -0.142. The van der Waals surface area contributed by atoms with Crippen molar-refractivity contribution in [2.75, 3.05) is 32.7 Å². The Kier molecular flexibility index (Phi) is 19.5. The van der Waals surface area contributed by atoms with Crippen LogP contribution in [0.2, 0.25) is 0 Å². The van der Waals surface area contributed by atoms with Gasteiger partial charge in [0.25, 0.3) is 0 Å². The fourth-order valence-electron chi connectivity index (χ4n) is 7.54. The monoisotopic (exact) mass is 656 g/mol. The molecule has 0 radical (unpaired) electrons. The molecule has 0 aromatic heterocycles. The van der Waals surface area contributed by atoms with Crippen molar-refractivity contribution in [1.82, 2.24) is 15.1 Å². The molecule has 2 aliphatic rings. The highest BCUT2D eigenvalue weighted by molar-refractivity contribution is 6.00. The van der Waals surface area contributed by atoms with Crippen LogP contribution in [-0.4, -0.2) is 65.7 Å². The van der Waals surface area contributed by atoms with E-state index in [9.17, 15) is 18.8 Å². The summed E-state index contributed by atoms with van der Waals surface area (Å²) in [5, 5.41) is 2.83. The largest absolute Gasteiger partial charge is 0.303 e. The first kappa shape index (κ1) is 39.3. The number of ketones is 1. The first-order valence-electron chi connectivity index (χ1n) is 19.5. The van der Waals surface area contributed by atoms with Gasteiger partial charge in [0.2, 0.25) is 11.8 Å². The number of halogens is 1. The lowest BCUT2D eigenvalue weighted by atomic mass is 9.83. The number of nitrogens with one attached hydrogen (secondary N) is 1. The summed E-state index contributed by atoms with van der Waals surface area (Å²) in [6, 6.07) is 5.75. The van der Waals surface area contributed by atoms with Gasteiger partial charge in [0.05, 0.1) is 0 Å². The second kappa shape index (κ2) is 23.3. The lowest BCUT2D eigenvalue weighted by Gasteiger charge is -2.48. The molecule has 47 heavy (non-hydrogen) atoms. The topological polar surface area (TPSA) is 69.7 Å². The van der Waals surface area contributed by atoms with E-state index in [0.717, 1.165) is 64.8 Å². The van der Waals surface area contributed by atoms with Crippen molar-refractivity contribution >= 4 is 17.6 Å². The molecule has 0 atom stereocenters. The molecule has 1 aromatic rings. The van der Waals surface area contributed by atoms with Gasteiger partial charge in [-0.1, -0.05) is 110 Å². The van der Waals surface area contributed by atoms with E-state index in [-0.39, 0.29) is 23.4 Å². The van der Waals surface area contributed by atoms with Gasteiger partial charge >= 0.3 is 0 Å². The van der Waals surface area contributed by atoms with E-state index in [0.29, 0.717) is 31.2 Å². The molecule has 0 bridgehead atoms. The maximum Gasteiger partial charge on any atom is 0.247 e. The Morgan fingerprint density at radius 3 is 1.70 bits per heavy atom. The Balaban J connectivity index is 1.28. The van der Waals surface area contributed by atoms with Gasteiger partial charge in [-0.15, -0.1) is 0 Å². The van der Waals surface area contributed by atoms with Gasteiger partial charge in [-0.05, 0) is 82.4 Å². The third-order valence-electron chi connectivity index (χ3n) is 10.6. The second-order valence-electron chi connectivity index (χ2n) is 14.4. The molecule has 3 rings (SSSR count). The highest BCUT2D eigenvalue weighted by Crippen LogP contribution is 2.32. The minimum absolute atomic E-state index is 0.0342. The molecule has 7 heteroatoms. The van der Waals surface area contributed by atoms with Crippen molar-refractivity contribution in [1.29, 1.82) is 0 Å². The standard InChI is InChI=1S/C40H66FN3O3/c1-2-3-4-5-6-7-8-9-10-11-12-13-14-15-16-18-23-38(46)42-39(47)40(44-31-19-17-20-32-44)28-33-43(34-29-40)30-21-22-37(45)35-24-26-36(41)27-25-35/h24-27H,2-23,28-34H2,1H3,(H,42,46,47). The second-order valence-corrected chi connectivity index (χ2v) is 14.4. The van der Waals surface area contributed by atoms with E-state index in [1.54, 1.807) is 12.1 Å². The van der Waals surface area contributed by atoms with Crippen molar-refractivity contribution in [3.8, 4) is 0 Å². The number of carbonyl (C=O) groups excluding carboxylic acids is 3. The predicted octanol–water partition coefficient (Wildman–Crippen LogP) is 9.40. The van der Waals surface area contributed by atoms with Crippen LogP contribution in [0.15, 0.2) is 24.3 Å². The van der Waals surface area contributed by atoms with Gasteiger partial charge in [-0.25, -0.2) is 4.39 Å². The summed E-state index contributed by atoms with van der Waals surface area (Å²) in [5.74, 6) is -0.532. The third-order valence-corrected chi connectivity index (χ3v) is 10.6. The minimum Gasteiger partial charge on any atom is -0.303 e. The first-order chi connectivity index (χ1) is 22.9. The SMILES string of the molecule is CCCCCCCCCCCCCCCCCCC(=O)NC(=O)C1(N2CCCCC2)CCN(CCCC(=O)c2ccc(F)cc2)CC1. The summed E-state index contributed by atoms with van der Waals surface area (Å²) in [6.45, 7) is 6.45. The van der Waals surface area contributed by atoms with Crippen LogP contribution < -0.4 is 5.32 Å². The number of imide groups is 1. The van der Waals surface area contributed by atoms with Gasteiger partial charge in [0.15, 0.2) is 5.78 Å². The Morgan fingerprint density at radius 1 is 0.660 bits per heavy atom. The molecule has 0 unspecified atom stereocenters. The van der Waals surface area contributed by atoms with Crippen LogP contribution in [0.5, 0.6) is 0 Å². The Hall–Kier alpha value is -2.12.